The number of carbonyl (C=O) groups excluding carboxylic acids is 3. The van der Waals surface area contributed by atoms with Crippen LogP contribution in [0.3, 0.4) is 0 Å². The summed E-state index contributed by atoms with van der Waals surface area (Å²) in [5.74, 6) is -1.92. The van der Waals surface area contributed by atoms with E-state index in [0.29, 0.717) is 18.4 Å². The zero-order valence-electron chi connectivity index (χ0n) is 23.1. The molecule has 0 saturated carbocycles. The third-order valence-electron chi connectivity index (χ3n) is 8.80. The molecule has 0 bridgehead atoms. The molecular formula is C31H34O10. The standard InChI is InChI=1S/C31H34O10/c1-13-19(32)8-9-23(40-13)41-22-10-21(39-14(2)27(22)34)16-6-7-18-26(28(16)35)30(37)17-5-4-15-11-31(3,38)12-20(33)24(15)25(17)29(18)36/h4-7,13-14,19,21-23,27,32,34-35,38H,8-12H2,1-3H3/t13?,14?,19?,21?,22?,23?,27?,31-/m1/s1. The van der Waals surface area contributed by atoms with Crippen molar-refractivity contribution in [3.63, 3.8) is 0 Å². The zero-order valence-corrected chi connectivity index (χ0v) is 23.1. The highest BCUT2D eigenvalue weighted by molar-refractivity contribution is 6.32. The number of ether oxygens (including phenoxy) is 3. The van der Waals surface area contributed by atoms with Crippen molar-refractivity contribution in [1.82, 2.24) is 0 Å². The summed E-state index contributed by atoms with van der Waals surface area (Å²) in [7, 11) is 0. The third kappa shape index (κ3) is 4.72. The van der Waals surface area contributed by atoms with Crippen LogP contribution in [0, 0.1) is 0 Å². The van der Waals surface area contributed by atoms with Crippen LogP contribution in [0.2, 0.25) is 0 Å². The molecule has 41 heavy (non-hydrogen) atoms. The summed E-state index contributed by atoms with van der Waals surface area (Å²) < 4.78 is 17.9. The Morgan fingerprint density at radius 2 is 1.56 bits per heavy atom. The fraction of sp³-hybridized carbons (Fsp3) is 0.516. The average Bonchev–Trinajstić information content (AvgIpc) is 2.90. The fourth-order valence-electron chi connectivity index (χ4n) is 6.62. The number of ketones is 3. The quantitative estimate of drug-likeness (QED) is 0.371. The van der Waals surface area contributed by atoms with E-state index in [0.717, 1.165) is 0 Å². The Morgan fingerprint density at radius 3 is 2.29 bits per heavy atom. The first kappa shape index (κ1) is 28.1. The number of aliphatic hydroxyl groups is 3. The highest BCUT2D eigenvalue weighted by Crippen LogP contribution is 2.44. The maximum absolute atomic E-state index is 13.7. The van der Waals surface area contributed by atoms with Crippen molar-refractivity contribution in [3.05, 3.63) is 63.2 Å². The van der Waals surface area contributed by atoms with Crippen molar-refractivity contribution in [2.24, 2.45) is 0 Å². The Hall–Kier alpha value is -2.99. The monoisotopic (exact) mass is 566 g/mol. The van der Waals surface area contributed by atoms with Gasteiger partial charge in [-0.25, -0.2) is 0 Å². The highest BCUT2D eigenvalue weighted by atomic mass is 16.7. The largest absolute Gasteiger partial charge is 0.507 e. The second-order valence-electron chi connectivity index (χ2n) is 12.0. The maximum Gasteiger partial charge on any atom is 0.198 e. The van der Waals surface area contributed by atoms with E-state index in [-0.39, 0.29) is 52.6 Å². The Morgan fingerprint density at radius 1 is 0.878 bits per heavy atom. The molecule has 10 heteroatoms. The number of carbonyl (C=O) groups is 3. The topological polar surface area (TPSA) is 160 Å². The van der Waals surface area contributed by atoms with Gasteiger partial charge in [-0.05, 0) is 44.9 Å². The summed E-state index contributed by atoms with van der Waals surface area (Å²) in [6.45, 7) is 4.99. The average molecular weight is 567 g/mol. The molecule has 10 nitrogen and oxygen atoms in total. The third-order valence-corrected chi connectivity index (χ3v) is 8.80. The second-order valence-corrected chi connectivity index (χ2v) is 12.0. The molecule has 2 saturated heterocycles. The minimum Gasteiger partial charge on any atom is -0.507 e. The number of phenols is 1. The predicted molar refractivity (Wildman–Crippen MR) is 143 cm³/mol. The Kier molecular flexibility index (Phi) is 6.92. The number of phenolic OH excluding ortho intramolecular Hbond substituents is 1. The molecule has 4 aliphatic rings. The van der Waals surface area contributed by atoms with Gasteiger partial charge in [0.05, 0.1) is 41.7 Å². The molecule has 2 aromatic carbocycles. The molecule has 0 aromatic heterocycles. The molecule has 2 aromatic rings. The first-order chi connectivity index (χ1) is 19.4. The van der Waals surface area contributed by atoms with Crippen LogP contribution in [0.5, 0.6) is 5.75 Å². The van der Waals surface area contributed by atoms with Crippen molar-refractivity contribution in [2.45, 2.75) is 101 Å². The summed E-state index contributed by atoms with van der Waals surface area (Å²) in [5, 5.41) is 42.6. The van der Waals surface area contributed by atoms with E-state index >= 15 is 0 Å². The van der Waals surface area contributed by atoms with Crippen LogP contribution in [0.25, 0.3) is 0 Å². The molecular weight excluding hydrogens is 532 g/mol. The van der Waals surface area contributed by atoms with Crippen molar-refractivity contribution in [1.29, 1.82) is 0 Å². The van der Waals surface area contributed by atoms with Crippen LogP contribution in [-0.2, 0) is 20.6 Å². The summed E-state index contributed by atoms with van der Waals surface area (Å²) in [6, 6.07) is 6.03. The van der Waals surface area contributed by atoms with Gasteiger partial charge >= 0.3 is 0 Å². The van der Waals surface area contributed by atoms with Gasteiger partial charge in [0.1, 0.15) is 11.9 Å². The number of aromatic hydroxyl groups is 1. The summed E-state index contributed by atoms with van der Waals surface area (Å²) >= 11 is 0. The molecule has 0 radical (unpaired) electrons. The van der Waals surface area contributed by atoms with Crippen LogP contribution in [0.4, 0.5) is 0 Å². The van der Waals surface area contributed by atoms with Gasteiger partial charge in [0.2, 0.25) is 0 Å². The van der Waals surface area contributed by atoms with E-state index in [1.165, 1.54) is 18.2 Å². The van der Waals surface area contributed by atoms with Gasteiger partial charge in [0.15, 0.2) is 23.6 Å². The van der Waals surface area contributed by atoms with Crippen molar-refractivity contribution >= 4 is 17.3 Å². The normalized spacial score (nSPS) is 35.1. The Balaban J connectivity index is 1.32. The van der Waals surface area contributed by atoms with Gasteiger partial charge in [-0.2, -0.15) is 0 Å². The van der Waals surface area contributed by atoms with Crippen LogP contribution in [0.15, 0.2) is 24.3 Å². The Bertz CT molecular complexity index is 1440. The number of aliphatic hydroxyl groups excluding tert-OH is 2. The molecule has 2 fully saturated rings. The molecule has 2 heterocycles. The highest BCUT2D eigenvalue weighted by Gasteiger charge is 2.44. The maximum atomic E-state index is 13.7. The van der Waals surface area contributed by atoms with Crippen molar-refractivity contribution in [3.8, 4) is 5.75 Å². The number of hydrogen-bond acceptors (Lipinski definition) is 10. The molecule has 2 aliphatic heterocycles. The summed E-state index contributed by atoms with van der Waals surface area (Å²) in [6.07, 6.45) is -3.61. The fourth-order valence-corrected chi connectivity index (χ4v) is 6.62. The van der Waals surface area contributed by atoms with Crippen molar-refractivity contribution < 1.29 is 49.0 Å². The van der Waals surface area contributed by atoms with E-state index in [1.54, 1.807) is 26.8 Å². The lowest BCUT2D eigenvalue weighted by molar-refractivity contribution is -0.272. The second kappa shape index (κ2) is 10.1. The summed E-state index contributed by atoms with van der Waals surface area (Å²) in [5.41, 5.74) is -0.417. The minimum atomic E-state index is -1.24. The van der Waals surface area contributed by atoms with Gasteiger partial charge in [0, 0.05) is 53.5 Å². The van der Waals surface area contributed by atoms with Crippen LogP contribution in [-0.4, -0.2) is 80.2 Å². The number of hydrogen-bond donors (Lipinski definition) is 4. The van der Waals surface area contributed by atoms with Crippen LogP contribution < -0.4 is 0 Å². The van der Waals surface area contributed by atoms with Crippen LogP contribution in [0.1, 0.15) is 106 Å². The number of fused-ring (bicyclic) bond motifs is 4. The zero-order chi connectivity index (χ0) is 29.4. The lowest BCUT2D eigenvalue weighted by Crippen LogP contribution is -2.48. The van der Waals surface area contributed by atoms with E-state index in [4.69, 9.17) is 14.2 Å². The van der Waals surface area contributed by atoms with E-state index in [9.17, 15) is 34.8 Å². The Labute approximate surface area is 236 Å². The van der Waals surface area contributed by atoms with E-state index in [1.807, 2.05) is 0 Å². The van der Waals surface area contributed by atoms with Crippen molar-refractivity contribution in [2.75, 3.05) is 0 Å². The molecule has 7 unspecified atom stereocenters. The van der Waals surface area contributed by atoms with E-state index < -0.39 is 71.6 Å². The first-order valence-electron chi connectivity index (χ1n) is 14.1. The SMILES string of the molecule is CC1OC(OC2CC(c3ccc4c(c3O)C(=O)c3ccc5c(c3C4=O)C(=O)C[C@](C)(O)C5)OC(C)C2O)CCC1O. The smallest absolute Gasteiger partial charge is 0.198 e. The number of Topliss-reactive ketones (excluding diaryl/α,β-unsaturated/α-hetero) is 1. The van der Waals surface area contributed by atoms with Crippen LogP contribution >= 0.6 is 0 Å². The lowest BCUT2D eigenvalue weighted by atomic mass is 9.73. The first-order valence-corrected chi connectivity index (χ1v) is 14.1. The molecule has 8 atom stereocenters. The van der Waals surface area contributed by atoms with E-state index in [2.05, 4.69) is 0 Å². The molecule has 0 amide bonds. The summed E-state index contributed by atoms with van der Waals surface area (Å²) in [4.78, 5) is 40.4. The minimum absolute atomic E-state index is 0.0119. The number of benzene rings is 2. The van der Waals surface area contributed by atoms with Gasteiger partial charge in [-0.1, -0.05) is 12.1 Å². The van der Waals surface area contributed by atoms with Gasteiger partial charge in [-0.15, -0.1) is 0 Å². The molecule has 6 rings (SSSR count). The van der Waals surface area contributed by atoms with Gasteiger partial charge < -0.3 is 34.6 Å². The molecule has 0 spiro atoms. The lowest BCUT2D eigenvalue weighted by Gasteiger charge is -2.41. The predicted octanol–water partition coefficient (Wildman–Crippen LogP) is 2.53. The van der Waals surface area contributed by atoms with Gasteiger partial charge in [0.25, 0.3) is 0 Å². The number of rotatable bonds is 3. The molecule has 218 valence electrons. The van der Waals surface area contributed by atoms with Gasteiger partial charge in [-0.3, -0.25) is 14.4 Å². The molecule has 2 aliphatic carbocycles. The molecule has 4 N–H and O–H groups in total.